The fourth-order valence-electron chi connectivity index (χ4n) is 1.49. The number of anilines is 1. The number of nitrogens with two attached hydrogens (primary N) is 1. The van der Waals surface area contributed by atoms with Crippen LogP contribution in [-0.2, 0) is 6.42 Å². The lowest BCUT2D eigenvalue weighted by molar-refractivity contribution is 0.806. The van der Waals surface area contributed by atoms with Crippen molar-refractivity contribution in [3.05, 3.63) is 42.0 Å². The van der Waals surface area contributed by atoms with Crippen LogP contribution < -0.4 is 5.73 Å². The number of hydrogen-bond acceptors (Lipinski definition) is 1. The minimum atomic E-state index is 0.484. The second-order valence-electron chi connectivity index (χ2n) is 4.19. The van der Waals surface area contributed by atoms with Gasteiger partial charge in [0.25, 0.3) is 0 Å². The van der Waals surface area contributed by atoms with Gasteiger partial charge < -0.3 is 5.73 Å². The number of hydrogen-bond donors (Lipinski definition) is 1. The van der Waals surface area contributed by atoms with E-state index >= 15 is 0 Å². The molecule has 0 spiro atoms. The third-order valence-corrected chi connectivity index (χ3v) is 3.01. The molecule has 0 aliphatic carbocycles. The Morgan fingerprint density at radius 2 is 2.00 bits per heavy atom. The summed E-state index contributed by atoms with van der Waals surface area (Å²) < 4.78 is 0. The summed E-state index contributed by atoms with van der Waals surface area (Å²) in [6.07, 6.45) is 7.82. The first-order chi connectivity index (χ1) is 7.72. The van der Waals surface area contributed by atoms with E-state index in [1.54, 1.807) is 0 Å². The average molecular weight is 238 g/mol. The fraction of sp³-hybridized carbons (Fsp3) is 0.429. The number of rotatable bonds is 6. The van der Waals surface area contributed by atoms with E-state index in [9.17, 15) is 0 Å². The van der Waals surface area contributed by atoms with Gasteiger partial charge in [-0.2, -0.15) is 0 Å². The zero-order valence-corrected chi connectivity index (χ0v) is 10.6. The summed E-state index contributed by atoms with van der Waals surface area (Å²) in [5.41, 5.74) is 7.82. The Hall–Kier alpha value is -0.950. The minimum Gasteiger partial charge on any atom is -0.399 e. The van der Waals surface area contributed by atoms with Crippen molar-refractivity contribution in [3.8, 4) is 0 Å². The Morgan fingerprint density at radius 3 is 2.62 bits per heavy atom. The minimum absolute atomic E-state index is 0.484. The van der Waals surface area contributed by atoms with Gasteiger partial charge in [0.1, 0.15) is 0 Å². The van der Waals surface area contributed by atoms with Gasteiger partial charge >= 0.3 is 0 Å². The van der Waals surface area contributed by atoms with Crippen LogP contribution in [-0.4, -0.2) is 5.88 Å². The molecule has 0 saturated carbocycles. The Kier molecular flexibility index (Phi) is 6.02. The molecule has 1 unspecified atom stereocenters. The quantitative estimate of drug-likeness (QED) is 0.344. The monoisotopic (exact) mass is 237 g/mol. The Labute approximate surface area is 103 Å². The molecule has 0 fully saturated rings. The summed E-state index contributed by atoms with van der Waals surface area (Å²) in [5, 5.41) is 0. The summed E-state index contributed by atoms with van der Waals surface area (Å²) in [4.78, 5) is 0. The van der Waals surface area contributed by atoms with Crippen LogP contribution in [0.25, 0.3) is 0 Å². The lowest BCUT2D eigenvalue weighted by Gasteiger charge is -2.01. The van der Waals surface area contributed by atoms with Gasteiger partial charge in [-0.25, -0.2) is 0 Å². The summed E-state index contributed by atoms with van der Waals surface area (Å²) in [6, 6.07) is 8.11. The molecule has 16 heavy (non-hydrogen) atoms. The predicted molar refractivity (Wildman–Crippen MR) is 72.8 cm³/mol. The van der Waals surface area contributed by atoms with Crippen LogP contribution in [0, 0.1) is 5.92 Å². The third kappa shape index (κ3) is 5.22. The van der Waals surface area contributed by atoms with Crippen molar-refractivity contribution in [2.45, 2.75) is 26.2 Å². The van der Waals surface area contributed by atoms with Crippen LogP contribution in [0.4, 0.5) is 5.69 Å². The molecular weight excluding hydrogens is 218 g/mol. The third-order valence-electron chi connectivity index (χ3n) is 2.52. The fourth-order valence-corrected chi connectivity index (χ4v) is 1.59. The van der Waals surface area contributed by atoms with E-state index in [4.69, 9.17) is 17.3 Å². The highest BCUT2D eigenvalue weighted by molar-refractivity contribution is 6.18. The summed E-state index contributed by atoms with van der Waals surface area (Å²) >= 11 is 5.71. The van der Waals surface area contributed by atoms with Crippen molar-refractivity contribution in [2.75, 3.05) is 11.6 Å². The molecule has 0 bridgehead atoms. The van der Waals surface area contributed by atoms with Gasteiger partial charge in [-0.05, 0) is 42.9 Å². The van der Waals surface area contributed by atoms with Gasteiger partial charge in [0.2, 0.25) is 0 Å². The lowest BCUT2D eigenvalue weighted by atomic mass is 10.1. The van der Waals surface area contributed by atoms with E-state index in [1.165, 1.54) is 12.0 Å². The largest absolute Gasteiger partial charge is 0.399 e. The number of alkyl halides is 1. The zero-order valence-electron chi connectivity index (χ0n) is 9.83. The summed E-state index contributed by atoms with van der Waals surface area (Å²) in [6.45, 7) is 2.13. The highest BCUT2D eigenvalue weighted by atomic mass is 35.5. The van der Waals surface area contributed by atoms with E-state index in [0.717, 1.165) is 18.5 Å². The van der Waals surface area contributed by atoms with Crippen molar-refractivity contribution >= 4 is 17.3 Å². The molecule has 0 aromatic heterocycles. The van der Waals surface area contributed by atoms with Crippen molar-refractivity contribution in [3.63, 3.8) is 0 Å². The van der Waals surface area contributed by atoms with E-state index in [0.29, 0.717) is 11.8 Å². The molecule has 1 nitrogen and oxygen atoms in total. The number of allylic oxidation sites excluding steroid dienone is 2. The highest BCUT2D eigenvalue weighted by Gasteiger charge is 1.93. The number of halogens is 1. The average Bonchev–Trinajstić information content (AvgIpc) is 2.31. The molecule has 1 rings (SSSR count). The van der Waals surface area contributed by atoms with Crippen LogP contribution >= 0.6 is 11.6 Å². The van der Waals surface area contributed by atoms with Crippen molar-refractivity contribution in [1.82, 2.24) is 0 Å². The van der Waals surface area contributed by atoms with Crippen molar-refractivity contribution in [2.24, 2.45) is 5.92 Å². The van der Waals surface area contributed by atoms with Crippen molar-refractivity contribution in [1.29, 1.82) is 0 Å². The maximum absolute atomic E-state index is 5.71. The molecule has 0 aliphatic heterocycles. The molecule has 2 heteroatoms. The van der Waals surface area contributed by atoms with Gasteiger partial charge in [-0.15, -0.1) is 11.6 Å². The number of benzene rings is 1. The molecule has 0 amide bonds. The van der Waals surface area contributed by atoms with Crippen LogP contribution in [0.3, 0.4) is 0 Å². The van der Waals surface area contributed by atoms with Crippen molar-refractivity contribution < 1.29 is 0 Å². The van der Waals surface area contributed by atoms with E-state index < -0.39 is 0 Å². The Bertz CT molecular complexity index is 316. The van der Waals surface area contributed by atoms with Gasteiger partial charge in [-0.3, -0.25) is 0 Å². The van der Waals surface area contributed by atoms with E-state index in [2.05, 4.69) is 31.2 Å². The lowest BCUT2D eigenvalue weighted by Crippen LogP contribution is -1.90. The molecule has 1 aromatic carbocycles. The highest BCUT2D eigenvalue weighted by Crippen LogP contribution is 2.09. The first-order valence-corrected chi connectivity index (χ1v) is 6.33. The Morgan fingerprint density at radius 1 is 1.31 bits per heavy atom. The standard InChI is InChI=1S/C14H20ClN/c1-12(11-15)5-3-2-4-6-13-7-9-14(16)10-8-13/h3,5,7-10,12H,2,4,6,11,16H2,1H3/b5-3-. The SMILES string of the molecule is CC(/C=C\CCCc1ccc(N)cc1)CCl. The van der Waals surface area contributed by atoms with Crippen LogP contribution in [0.2, 0.25) is 0 Å². The smallest absolute Gasteiger partial charge is 0.0314 e. The molecular formula is C14H20ClN. The first kappa shape index (κ1) is 13.1. The predicted octanol–water partition coefficient (Wildman–Crippen LogP) is 4.02. The molecule has 1 aromatic rings. The van der Waals surface area contributed by atoms with Crippen LogP contribution in [0.5, 0.6) is 0 Å². The number of aryl methyl sites for hydroxylation is 1. The molecule has 0 saturated heterocycles. The summed E-state index contributed by atoms with van der Waals surface area (Å²) in [5.74, 6) is 1.19. The normalized spacial score (nSPS) is 13.1. The molecule has 0 radical (unpaired) electrons. The zero-order chi connectivity index (χ0) is 11.8. The summed E-state index contributed by atoms with van der Waals surface area (Å²) in [7, 11) is 0. The van der Waals surface area contributed by atoms with E-state index in [1.807, 2.05) is 12.1 Å². The van der Waals surface area contributed by atoms with Gasteiger partial charge in [-0.1, -0.05) is 31.2 Å². The first-order valence-electron chi connectivity index (χ1n) is 5.79. The second kappa shape index (κ2) is 7.34. The molecule has 0 aliphatic rings. The maximum Gasteiger partial charge on any atom is 0.0314 e. The molecule has 88 valence electrons. The molecule has 2 N–H and O–H groups in total. The van der Waals surface area contributed by atoms with Gasteiger partial charge in [0, 0.05) is 11.6 Å². The van der Waals surface area contributed by atoms with Crippen LogP contribution in [0.1, 0.15) is 25.3 Å². The molecule has 1 atom stereocenters. The van der Waals surface area contributed by atoms with Gasteiger partial charge in [0.05, 0.1) is 0 Å². The number of nitrogen functional groups attached to an aromatic ring is 1. The van der Waals surface area contributed by atoms with E-state index in [-0.39, 0.29) is 0 Å². The topological polar surface area (TPSA) is 26.0 Å². The second-order valence-corrected chi connectivity index (χ2v) is 4.50. The van der Waals surface area contributed by atoms with Gasteiger partial charge in [0.15, 0.2) is 0 Å². The van der Waals surface area contributed by atoms with Crippen LogP contribution in [0.15, 0.2) is 36.4 Å². The number of unbranched alkanes of at least 4 members (excludes halogenated alkanes) is 1. The molecule has 0 heterocycles. The Balaban J connectivity index is 2.21. The maximum atomic E-state index is 5.71.